The molecule has 0 radical (unpaired) electrons. The van der Waals surface area contributed by atoms with E-state index in [-0.39, 0.29) is 6.04 Å². The predicted octanol–water partition coefficient (Wildman–Crippen LogP) is 3.50. The van der Waals surface area contributed by atoms with Crippen molar-refractivity contribution < 1.29 is 4.52 Å². The van der Waals surface area contributed by atoms with Crippen LogP contribution in [0, 0.1) is 0 Å². The summed E-state index contributed by atoms with van der Waals surface area (Å²) in [7, 11) is 0. The summed E-state index contributed by atoms with van der Waals surface area (Å²) >= 11 is 7.40. The highest BCUT2D eigenvalue weighted by molar-refractivity contribution is 7.10. The van der Waals surface area contributed by atoms with Crippen LogP contribution in [0.3, 0.4) is 0 Å². The molecule has 1 aromatic carbocycles. The van der Waals surface area contributed by atoms with Gasteiger partial charge in [-0.3, -0.25) is 0 Å². The van der Waals surface area contributed by atoms with E-state index in [0.29, 0.717) is 16.7 Å². The maximum absolute atomic E-state index is 6.07. The van der Waals surface area contributed by atoms with Crippen molar-refractivity contribution in [3.8, 4) is 11.4 Å². The van der Waals surface area contributed by atoms with Crippen LogP contribution in [-0.4, -0.2) is 10.1 Å². The van der Waals surface area contributed by atoms with Gasteiger partial charge in [0.25, 0.3) is 0 Å². The second kappa shape index (κ2) is 5.13. The average molecular weight is 292 g/mol. The molecular weight excluding hydrogens is 282 g/mol. The van der Waals surface area contributed by atoms with Crippen molar-refractivity contribution in [2.75, 3.05) is 0 Å². The summed E-state index contributed by atoms with van der Waals surface area (Å²) in [6, 6.07) is 10.8. The van der Waals surface area contributed by atoms with Gasteiger partial charge in [-0.2, -0.15) is 4.98 Å². The molecule has 0 fully saturated rings. The largest absolute Gasteiger partial charge is 0.337 e. The van der Waals surface area contributed by atoms with Crippen molar-refractivity contribution in [2.24, 2.45) is 5.73 Å². The quantitative estimate of drug-likeness (QED) is 0.802. The average Bonchev–Trinajstić information content (AvgIpc) is 3.10. The Labute approximate surface area is 118 Å². The lowest BCUT2D eigenvalue weighted by Crippen LogP contribution is -2.10. The zero-order valence-electron chi connectivity index (χ0n) is 9.79. The lowest BCUT2D eigenvalue weighted by atomic mass is 10.2. The SMILES string of the molecule is NC(c1nc(-c2ccc(Cl)cc2)no1)c1cccs1. The summed E-state index contributed by atoms with van der Waals surface area (Å²) in [5, 5.41) is 6.58. The van der Waals surface area contributed by atoms with E-state index in [0.717, 1.165) is 10.4 Å². The number of nitrogens with two attached hydrogens (primary N) is 1. The molecule has 4 nitrogen and oxygen atoms in total. The molecule has 0 saturated heterocycles. The van der Waals surface area contributed by atoms with Gasteiger partial charge in [0.1, 0.15) is 6.04 Å². The first kappa shape index (κ1) is 12.3. The number of hydrogen-bond donors (Lipinski definition) is 1. The van der Waals surface area contributed by atoms with Crippen molar-refractivity contribution in [1.82, 2.24) is 10.1 Å². The van der Waals surface area contributed by atoms with Crippen LogP contribution in [0.4, 0.5) is 0 Å². The van der Waals surface area contributed by atoms with E-state index in [1.807, 2.05) is 29.6 Å². The smallest absolute Gasteiger partial charge is 0.249 e. The van der Waals surface area contributed by atoms with Crippen molar-refractivity contribution in [2.45, 2.75) is 6.04 Å². The Kier molecular flexibility index (Phi) is 3.33. The third-order valence-corrected chi connectivity index (χ3v) is 3.87. The number of benzene rings is 1. The highest BCUT2D eigenvalue weighted by Crippen LogP contribution is 2.25. The predicted molar refractivity (Wildman–Crippen MR) is 75.1 cm³/mol. The number of hydrogen-bond acceptors (Lipinski definition) is 5. The zero-order valence-corrected chi connectivity index (χ0v) is 11.4. The Balaban J connectivity index is 1.89. The normalized spacial score (nSPS) is 12.5. The summed E-state index contributed by atoms with van der Waals surface area (Å²) in [6.07, 6.45) is 0. The summed E-state index contributed by atoms with van der Waals surface area (Å²) in [5.74, 6) is 0.922. The van der Waals surface area contributed by atoms with Gasteiger partial charge in [-0.15, -0.1) is 11.3 Å². The van der Waals surface area contributed by atoms with Crippen LogP contribution in [0.15, 0.2) is 46.3 Å². The van der Waals surface area contributed by atoms with Gasteiger partial charge in [0.15, 0.2) is 0 Å². The molecule has 19 heavy (non-hydrogen) atoms. The van der Waals surface area contributed by atoms with E-state index in [4.69, 9.17) is 21.9 Å². The topological polar surface area (TPSA) is 64.9 Å². The minimum absolute atomic E-state index is 0.381. The molecule has 6 heteroatoms. The first-order valence-electron chi connectivity index (χ1n) is 5.62. The van der Waals surface area contributed by atoms with Gasteiger partial charge >= 0.3 is 0 Å². The lowest BCUT2D eigenvalue weighted by Gasteiger charge is -2.01. The van der Waals surface area contributed by atoms with E-state index >= 15 is 0 Å². The summed E-state index contributed by atoms with van der Waals surface area (Å²) in [5.41, 5.74) is 6.91. The Morgan fingerprint density at radius 3 is 2.68 bits per heavy atom. The van der Waals surface area contributed by atoms with Crippen LogP contribution >= 0.6 is 22.9 Å². The monoisotopic (exact) mass is 291 g/mol. The van der Waals surface area contributed by atoms with Gasteiger partial charge < -0.3 is 10.3 Å². The summed E-state index contributed by atoms with van der Waals surface area (Å²) in [4.78, 5) is 5.32. The van der Waals surface area contributed by atoms with Gasteiger partial charge in [0, 0.05) is 15.5 Å². The van der Waals surface area contributed by atoms with E-state index in [2.05, 4.69) is 10.1 Å². The molecule has 2 aromatic heterocycles. The molecule has 0 amide bonds. The van der Waals surface area contributed by atoms with Gasteiger partial charge in [-0.25, -0.2) is 0 Å². The minimum atomic E-state index is -0.381. The summed E-state index contributed by atoms with van der Waals surface area (Å²) in [6.45, 7) is 0. The van der Waals surface area contributed by atoms with Crippen LogP contribution in [0.1, 0.15) is 16.8 Å². The molecule has 0 aliphatic carbocycles. The highest BCUT2D eigenvalue weighted by atomic mass is 35.5. The number of nitrogens with zero attached hydrogens (tertiary/aromatic N) is 2. The fourth-order valence-electron chi connectivity index (χ4n) is 1.67. The van der Waals surface area contributed by atoms with E-state index in [9.17, 15) is 0 Å². The molecule has 0 aliphatic heterocycles. The Bertz CT molecular complexity index is 664. The molecule has 1 unspecified atom stereocenters. The molecule has 1 atom stereocenters. The van der Waals surface area contributed by atoms with Crippen LogP contribution in [0.2, 0.25) is 5.02 Å². The fourth-order valence-corrected chi connectivity index (χ4v) is 2.51. The Morgan fingerprint density at radius 1 is 1.21 bits per heavy atom. The number of thiophene rings is 1. The standard InChI is InChI=1S/C13H10ClN3OS/c14-9-5-3-8(4-6-9)12-16-13(18-17-12)11(15)10-2-1-7-19-10/h1-7,11H,15H2. The molecular formula is C13H10ClN3OS. The summed E-state index contributed by atoms with van der Waals surface area (Å²) < 4.78 is 5.22. The first-order valence-corrected chi connectivity index (χ1v) is 6.88. The fraction of sp³-hybridized carbons (Fsp3) is 0.0769. The maximum atomic E-state index is 6.07. The Morgan fingerprint density at radius 2 is 2.00 bits per heavy atom. The lowest BCUT2D eigenvalue weighted by molar-refractivity contribution is 0.368. The molecule has 0 aliphatic rings. The van der Waals surface area contributed by atoms with E-state index < -0.39 is 0 Å². The van der Waals surface area contributed by atoms with Crippen LogP contribution < -0.4 is 5.73 Å². The van der Waals surface area contributed by atoms with Crippen molar-refractivity contribution in [1.29, 1.82) is 0 Å². The molecule has 2 heterocycles. The molecule has 3 rings (SSSR count). The van der Waals surface area contributed by atoms with Crippen molar-refractivity contribution in [3.05, 3.63) is 57.6 Å². The third-order valence-electron chi connectivity index (χ3n) is 2.66. The van der Waals surface area contributed by atoms with Crippen LogP contribution in [0.5, 0.6) is 0 Å². The first-order chi connectivity index (χ1) is 9.24. The van der Waals surface area contributed by atoms with Gasteiger partial charge in [0.05, 0.1) is 0 Å². The zero-order chi connectivity index (χ0) is 13.2. The Hall–Kier alpha value is -1.69. The van der Waals surface area contributed by atoms with Crippen molar-refractivity contribution >= 4 is 22.9 Å². The molecule has 0 bridgehead atoms. The highest BCUT2D eigenvalue weighted by Gasteiger charge is 2.18. The number of aromatic nitrogens is 2. The molecule has 0 spiro atoms. The molecule has 96 valence electrons. The van der Waals surface area contributed by atoms with E-state index in [1.54, 1.807) is 23.5 Å². The molecule has 3 aromatic rings. The van der Waals surface area contributed by atoms with Gasteiger partial charge in [0.2, 0.25) is 11.7 Å². The number of halogens is 1. The third kappa shape index (κ3) is 2.53. The van der Waals surface area contributed by atoms with Crippen LogP contribution in [-0.2, 0) is 0 Å². The molecule has 0 saturated carbocycles. The second-order valence-corrected chi connectivity index (χ2v) is 5.37. The van der Waals surface area contributed by atoms with Crippen molar-refractivity contribution in [3.63, 3.8) is 0 Å². The van der Waals surface area contributed by atoms with E-state index in [1.165, 1.54) is 0 Å². The second-order valence-electron chi connectivity index (χ2n) is 3.96. The number of rotatable bonds is 3. The van der Waals surface area contributed by atoms with Crippen LogP contribution in [0.25, 0.3) is 11.4 Å². The van der Waals surface area contributed by atoms with Gasteiger partial charge in [-0.1, -0.05) is 22.8 Å². The van der Waals surface area contributed by atoms with Gasteiger partial charge in [-0.05, 0) is 35.7 Å². The maximum Gasteiger partial charge on any atom is 0.249 e. The minimum Gasteiger partial charge on any atom is -0.337 e. The molecule has 2 N–H and O–H groups in total.